The molecule has 0 saturated carbocycles. The van der Waals surface area contributed by atoms with E-state index < -0.39 is 0 Å². The minimum atomic E-state index is -0.0194. The number of hydrogen-bond donors (Lipinski definition) is 1. The summed E-state index contributed by atoms with van der Waals surface area (Å²) in [5.74, 6) is 0. The highest BCUT2D eigenvalue weighted by molar-refractivity contribution is 6.31. The van der Waals surface area contributed by atoms with Crippen molar-refractivity contribution in [2.24, 2.45) is 0 Å². The Morgan fingerprint density at radius 2 is 2.05 bits per heavy atom. The SMILES string of the molecule is CCCNC(c1cc(C)nnc1C)c1c(Cl)cnn1CC. The summed E-state index contributed by atoms with van der Waals surface area (Å²) in [5.41, 5.74) is 3.91. The van der Waals surface area contributed by atoms with Crippen LogP contribution < -0.4 is 5.32 Å². The van der Waals surface area contributed by atoms with Gasteiger partial charge in [-0.15, -0.1) is 0 Å². The predicted molar refractivity (Wildman–Crippen MR) is 84.6 cm³/mol. The maximum Gasteiger partial charge on any atom is 0.0837 e. The van der Waals surface area contributed by atoms with E-state index in [4.69, 9.17) is 11.6 Å². The number of halogens is 1. The Hall–Kier alpha value is -1.46. The second kappa shape index (κ2) is 7.00. The van der Waals surface area contributed by atoms with Crippen LogP contribution in [0.1, 0.15) is 49.0 Å². The Morgan fingerprint density at radius 1 is 1.29 bits per heavy atom. The van der Waals surface area contributed by atoms with Gasteiger partial charge in [0.2, 0.25) is 0 Å². The molecule has 2 aromatic rings. The molecule has 0 aliphatic heterocycles. The van der Waals surface area contributed by atoms with Crippen molar-refractivity contribution in [3.63, 3.8) is 0 Å². The molecule has 6 heteroatoms. The fourth-order valence-electron chi connectivity index (χ4n) is 2.42. The molecule has 1 atom stereocenters. The van der Waals surface area contributed by atoms with Gasteiger partial charge in [-0.3, -0.25) is 4.68 Å². The van der Waals surface area contributed by atoms with E-state index in [1.54, 1.807) is 6.20 Å². The first-order chi connectivity index (χ1) is 10.1. The number of nitrogens with zero attached hydrogens (tertiary/aromatic N) is 4. The number of rotatable bonds is 6. The van der Waals surface area contributed by atoms with Gasteiger partial charge in [0.25, 0.3) is 0 Å². The first-order valence-corrected chi connectivity index (χ1v) is 7.71. The molecule has 114 valence electrons. The van der Waals surface area contributed by atoms with E-state index in [2.05, 4.69) is 40.5 Å². The Morgan fingerprint density at radius 3 is 2.71 bits per heavy atom. The molecule has 0 saturated heterocycles. The Kier molecular flexibility index (Phi) is 5.31. The summed E-state index contributed by atoms with van der Waals surface area (Å²) in [4.78, 5) is 0. The highest BCUT2D eigenvalue weighted by Crippen LogP contribution is 2.29. The van der Waals surface area contributed by atoms with E-state index >= 15 is 0 Å². The zero-order chi connectivity index (χ0) is 15.4. The lowest BCUT2D eigenvalue weighted by atomic mass is 10.0. The van der Waals surface area contributed by atoms with Crippen molar-refractivity contribution in [3.8, 4) is 0 Å². The van der Waals surface area contributed by atoms with Crippen molar-refractivity contribution in [1.29, 1.82) is 0 Å². The molecule has 0 aliphatic carbocycles. The molecule has 21 heavy (non-hydrogen) atoms. The van der Waals surface area contributed by atoms with Gasteiger partial charge in [0.15, 0.2) is 0 Å². The van der Waals surface area contributed by atoms with Crippen molar-refractivity contribution < 1.29 is 0 Å². The van der Waals surface area contributed by atoms with Gasteiger partial charge in [0.1, 0.15) is 0 Å². The molecule has 1 unspecified atom stereocenters. The van der Waals surface area contributed by atoms with E-state index in [0.29, 0.717) is 5.02 Å². The van der Waals surface area contributed by atoms with Crippen LogP contribution in [0.4, 0.5) is 0 Å². The number of nitrogens with one attached hydrogen (secondary N) is 1. The molecule has 2 rings (SSSR count). The smallest absolute Gasteiger partial charge is 0.0837 e. The van der Waals surface area contributed by atoms with Gasteiger partial charge in [-0.1, -0.05) is 18.5 Å². The summed E-state index contributed by atoms with van der Waals surface area (Å²) >= 11 is 6.38. The first kappa shape index (κ1) is 15.9. The third-order valence-electron chi connectivity index (χ3n) is 3.46. The highest BCUT2D eigenvalue weighted by atomic mass is 35.5. The van der Waals surface area contributed by atoms with Crippen LogP contribution in [0.5, 0.6) is 0 Å². The van der Waals surface area contributed by atoms with E-state index in [1.807, 2.05) is 18.5 Å². The molecular weight excluding hydrogens is 286 g/mol. The summed E-state index contributed by atoms with van der Waals surface area (Å²) in [6.45, 7) is 9.81. The molecule has 0 aliphatic rings. The summed E-state index contributed by atoms with van der Waals surface area (Å²) in [6.07, 6.45) is 2.75. The van der Waals surface area contributed by atoms with Crippen LogP contribution in [0.25, 0.3) is 0 Å². The van der Waals surface area contributed by atoms with E-state index in [9.17, 15) is 0 Å². The maximum absolute atomic E-state index is 6.38. The Bertz CT molecular complexity index is 608. The van der Waals surface area contributed by atoms with Crippen molar-refractivity contribution in [2.45, 2.75) is 46.7 Å². The summed E-state index contributed by atoms with van der Waals surface area (Å²) < 4.78 is 1.94. The third-order valence-corrected chi connectivity index (χ3v) is 3.75. The van der Waals surface area contributed by atoms with Crippen LogP contribution in [0, 0.1) is 13.8 Å². The van der Waals surface area contributed by atoms with Gasteiger partial charge >= 0.3 is 0 Å². The van der Waals surface area contributed by atoms with Crippen LogP contribution >= 0.6 is 11.6 Å². The average Bonchev–Trinajstić information content (AvgIpc) is 2.84. The van der Waals surface area contributed by atoms with E-state index in [1.165, 1.54) is 0 Å². The Balaban J connectivity index is 2.52. The number of aromatic nitrogens is 4. The lowest BCUT2D eigenvalue weighted by Gasteiger charge is -2.22. The molecule has 2 aromatic heterocycles. The van der Waals surface area contributed by atoms with Crippen molar-refractivity contribution >= 4 is 11.6 Å². The first-order valence-electron chi connectivity index (χ1n) is 7.33. The van der Waals surface area contributed by atoms with Crippen LogP contribution in [-0.4, -0.2) is 26.5 Å². The highest BCUT2D eigenvalue weighted by Gasteiger charge is 2.23. The molecular formula is C15H22ClN5. The van der Waals surface area contributed by atoms with Crippen LogP contribution in [0.15, 0.2) is 12.3 Å². The normalized spacial score (nSPS) is 12.6. The van der Waals surface area contributed by atoms with Crippen molar-refractivity contribution in [1.82, 2.24) is 25.3 Å². The largest absolute Gasteiger partial charge is 0.305 e. The fraction of sp³-hybridized carbons (Fsp3) is 0.533. The van der Waals surface area contributed by atoms with Crippen LogP contribution in [0.3, 0.4) is 0 Å². The zero-order valence-corrected chi connectivity index (χ0v) is 13.8. The summed E-state index contributed by atoms with van der Waals surface area (Å²) in [7, 11) is 0. The Labute approximate surface area is 130 Å². The number of hydrogen-bond acceptors (Lipinski definition) is 4. The summed E-state index contributed by atoms with van der Waals surface area (Å²) in [6, 6.07) is 2.05. The van der Waals surface area contributed by atoms with E-state index in [-0.39, 0.29) is 6.04 Å². The molecule has 2 heterocycles. The van der Waals surface area contributed by atoms with Crippen LogP contribution in [-0.2, 0) is 6.54 Å². The minimum absolute atomic E-state index is 0.0194. The third kappa shape index (κ3) is 3.41. The quantitative estimate of drug-likeness (QED) is 0.891. The van der Waals surface area contributed by atoms with Crippen molar-refractivity contribution in [3.05, 3.63) is 39.9 Å². The van der Waals surface area contributed by atoms with E-state index in [0.717, 1.165) is 42.2 Å². The van der Waals surface area contributed by atoms with Gasteiger partial charge in [0, 0.05) is 12.1 Å². The summed E-state index contributed by atoms with van der Waals surface area (Å²) in [5, 5.41) is 16.9. The molecule has 0 amide bonds. The van der Waals surface area contributed by atoms with Gasteiger partial charge in [-0.25, -0.2) is 0 Å². The molecule has 0 spiro atoms. The molecule has 0 aromatic carbocycles. The van der Waals surface area contributed by atoms with Crippen molar-refractivity contribution in [2.75, 3.05) is 6.54 Å². The second-order valence-corrected chi connectivity index (χ2v) is 5.51. The number of aryl methyl sites for hydroxylation is 3. The van der Waals surface area contributed by atoms with Gasteiger partial charge < -0.3 is 5.32 Å². The zero-order valence-electron chi connectivity index (χ0n) is 13.0. The maximum atomic E-state index is 6.38. The molecule has 0 bridgehead atoms. The van der Waals surface area contributed by atoms with Gasteiger partial charge in [-0.05, 0) is 39.8 Å². The molecule has 0 radical (unpaired) electrons. The molecule has 1 N–H and O–H groups in total. The van der Waals surface area contributed by atoms with Crippen LogP contribution in [0.2, 0.25) is 5.02 Å². The topological polar surface area (TPSA) is 55.6 Å². The average molecular weight is 308 g/mol. The second-order valence-electron chi connectivity index (χ2n) is 5.11. The predicted octanol–water partition coefficient (Wildman–Crippen LogP) is 3.05. The fourth-order valence-corrected chi connectivity index (χ4v) is 2.67. The monoisotopic (exact) mass is 307 g/mol. The molecule has 5 nitrogen and oxygen atoms in total. The lowest BCUT2D eigenvalue weighted by Crippen LogP contribution is -2.27. The standard InChI is InChI=1S/C15H22ClN5/c1-5-7-17-14(12-8-10(3)19-20-11(12)4)15-13(16)9-18-21(15)6-2/h8-9,14,17H,5-7H2,1-4H3. The van der Waals surface area contributed by atoms with Gasteiger partial charge in [0.05, 0.1) is 34.3 Å². The minimum Gasteiger partial charge on any atom is -0.305 e. The molecule has 0 fully saturated rings. The van der Waals surface area contributed by atoms with Gasteiger partial charge in [-0.2, -0.15) is 15.3 Å². The lowest BCUT2D eigenvalue weighted by molar-refractivity contribution is 0.525.